The van der Waals surface area contributed by atoms with Gasteiger partial charge in [-0.25, -0.2) is 0 Å². The molecule has 0 saturated heterocycles. The molecule has 0 heterocycles. The number of carbonyl (C=O) groups excluding carboxylic acids is 3. The highest BCUT2D eigenvalue weighted by Crippen LogP contribution is 2.18. The molecule has 6 nitrogen and oxygen atoms in total. The Morgan fingerprint density at radius 3 is 0.784 bits per heavy atom. The van der Waals surface area contributed by atoms with Crippen LogP contribution in [0.2, 0.25) is 0 Å². The van der Waals surface area contributed by atoms with Gasteiger partial charge in [-0.05, 0) is 44.9 Å². The van der Waals surface area contributed by atoms with Crippen LogP contribution >= 0.6 is 0 Å². The van der Waals surface area contributed by atoms with Crippen LogP contribution in [-0.4, -0.2) is 37.2 Å². The average Bonchev–Trinajstić information content (AvgIpc) is 3.40. The summed E-state index contributed by atoms with van der Waals surface area (Å²) in [5, 5.41) is 0. The fourth-order valence-electron chi connectivity index (χ4n) is 10.2. The van der Waals surface area contributed by atoms with Crippen LogP contribution in [0.4, 0.5) is 0 Å². The molecule has 1 unspecified atom stereocenters. The highest BCUT2D eigenvalue weighted by atomic mass is 16.6. The molecule has 0 aliphatic heterocycles. The van der Waals surface area contributed by atoms with Gasteiger partial charge >= 0.3 is 17.9 Å². The Morgan fingerprint density at radius 1 is 0.270 bits per heavy atom. The van der Waals surface area contributed by atoms with E-state index in [-0.39, 0.29) is 31.1 Å². The maximum Gasteiger partial charge on any atom is 0.306 e. The summed E-state index contributed by atoms with van der Waals surface area (Å²) in [6, 6.07) is 0. The molecule has 0 fully saturated rings. The van der Waals surface area contributed by atoms with Crippen LogP contribution in [0.1, 0.15) is 374 Å². The summed E-state index contributed by atoms with van der Waals surface area (Å²) in [5.74, 6) is -0.854. The van der Waals surface area contributed by atoms with E-state index < -0.39 is 6.10 Å². The monoisotopic (exact) mass is 1040 g/mol. The third-order valence-corrected chi connectivity index (χ3v) is 15.2. The van der Waals surface area contributed by atoms with Crippen molar-refractivity contribution in [1.82, 2.24) is 0 Å². The van der Waals surface area contributed by atoms with E-state index in [1.807, 2.05) is 0 Å². The van der Waals surface area contributed by atoms with Crippen LogP contribution in [-0.2, 0) is 28.6 Å². The SMILES string of the molecule is CCCC/C=C\C/C=C\CCCCCCCC(=O)OCC(COC(=O)CCCCCCCCCCCCCCCCCCCCCCCCC)OC(=O)CCCCCCCCCCCCCCCCCCCCC. The number of hydrogen-bond donors (Lipinski definition) is 0. The van der Waals surface area contributed by atoms with Crippen molar-refractivity contribution in [2.45, 2.75) is 380 Å². The van der Waals surface area contributed by atoms with Gasteiger partial charge in [0.2, 0.25) is 0 Å². The lowest BCUT2D eigenvalue weighted by molar-refractivity contribution is -0.167. The van der Waals surface area contributed by atoms with E-state index >= 15 is 0 Å². The number of rotatable bonds is 62. The first kappa shape index (κ1) is 71.9. The Balaban J connectivity index is 4.26. The summed E-state index contributed by atoms with van der Waals surface area (Å²) in [4.78, 5) is 38.3. The lowest BCUT2D eigenvalue weighted by Gasteiger charge is -2.18. The minimum absolute atomic E-state index is 0.0694. The zero-order valence-electron chi connectivity index (χ0n) is 50.1. The van der Waals surface area contributed by atoms with Crippen molar-refractivity contribution >= 4 is 17.9 Å². The smallest absolute Gasteiger partial charge is 0.306 e. The second-order valence-electron chi connectivity index (χ2n) is 22.7. The van der Waals surface area contributed by atoms with Gasteiger partial charge in [0.15, 0.2) is 6.10 Å². The van der Waals surface area contributed by atoms with E-state index in [4.69, 9.17) is 14.2 Å². The van der Waals surface area contributed by atoms with Crippen molar-refractivity contribution < 1.29 is 28.6 Å². The Bertz CT molecular complexity index is 1190. The fourth-order valence-corrected chi connectivity index (χ4v) is 10.2. The third kappa shape index (κ3) is 60.8. The van der Waals surface area contributed by atoms with Crippen LogP contribution in [0.25, 0.3) is 0 Å². The zero-order chi connectivity index (χ0) is 53.6. The van der Waals surface area contributed by atoms with Crippen molar-refractivity contribution in [1.29, 1.82) is 0 Å². The number of allylic oxidation sites excluding steroid dienone is 4. The molecule has 0 bridgehead atoms. The summed E-state index contributed by atoms with van der Waals surface area (Å²) in [6.07, 6.45) is 76.2. The molecule has 0 N–H and O–H groups in total. The van der Waals surface area contributed by atoms with Crippen molar-refractivity contribution in [3.63, 3.8) is 0 Å². The molecule has 0 aromatic carbocycles. The first-order valence-electron chi connectivity index (χ1n) is 33.3. The second-order valence-corrected chi connectivity index (χ2v) is 22.7. The Hall–Kier alpha value is -2.11. The quantitative estimate of drug-likeness (QED) is 0.0261. The topological polar surface area (TPSA) is 78.9 Å². The summed E-state index contributed by atoms with van der Waals surface area (Å²) in [7, 11) is 0. The lowest BCUT2D eigenvalue weighted by Crippen LogP contribution is -2.30. The van der Waals surface area contributed by atoms with Crippen molar-refractivity contribution in [3.8, 4) is 0 Å². The first-order valence-corrected chi connectivity index (χ1v) is 33.3. The summed E-state index contributed by atoms with van der Waals surface area (Å²) < 4.78 is 17.0. The molecule has 1 atom stereocenters. The van der Waals surface area contributed by atoms with E-state index in [0.29, 0.717) is 19.3 Å². The second kappa shape index (κ2) is 63.4. The maximum atomic E-state index is 12.9. The Kier molecular flexibility index (Phi) is 61.6. The van der Waals surface area contributed by atoms with E-state index in [1.165, 1.54) is 257 Å². The highest BCUT2D eigenvalue weighted by molar-refractivity contribution is 5.71. The number of carbonyl (C=O) groups is 3. The lowest BCUT2D eigenvalue weighted by atomic mass is 10.0. The Morgan fingerprint density at radius 2 is 0.500 bits per heavy atom. The number of ether oxygens (including phenoxy) is 3. The predicted molar refractivity (Wildman–Crippen MR) is 321 cm³/mol. The zero-order valence-corrected chi connectivity index (χ0v) is 50.1. The van der Waals surface area contributed by atoms with Crippen LogP contribution < -0.4 is 0 Å². The molecular formula is C68H128O6. The molecule has 6 heteroatoms. The minimum atomic E-state index is -0.773. The molecule has 0 aliphatic rings. The predicted octanol–water partition coefficient (Wildman–Crippen LogP) is 22.6. The third-order valence-electron chi connectivity index (χ3n) is 15.2. The van der Waals surface area contributed by atoms with E-state index in [2.05, 4.69) is 45.1 Å². The van der Waals surface area contributed by atoms with Crippen molar-refractivity contribution in [2.75, 3.05) is 13.2 Å². The van der Waals surface area contributed by atoms with Crippen molar-refractivity contribution in [2.24, 2.45) is 0 Å². The van der Waals surface area contributed by atoms with Gasteiger partial charge in [-0.15, -0.1) is 0 Å². The van der Waals surface area contributed by atoms with Gasteiger partial charge in [-0.2, -0.15) is 0 Å². The Labute approximate surface area is 462 Å². The molecule has 0 saturated carbocycles. The van der Waals surface area contributed by atoms with Crippen LogP contribution in [0.15, 0.2) is 24.3 Å². The normalized spacial score (nSPS) is 12.1. The summed E-state index contributed by atoms with van der Waals surface area (Å²) in [6.45, 7) is 6.67. The van der Waals surface area contributed by atoms with E-state index in [1.54, 1.807) is 0 Å². The van der Waals surface area contributed by atoms with Gasteiger partial charge in [0, 0.05) is 19.3 Å². The highest BCUT2D eigenvalue weighted by Gasteiger charge is 2.19. The van der Waals surface area contributed by atoms with Gasteiger partial charge in [0.25, 0.3) is 0 Å². The van der Waals surface area contributed by atoms with Gasteiger partial charge in [-0.3, -0.25) is 14.4 Å². The maximum absolute atomic E-state index is 12.9. The summed E-state index contributed by atoms with van der Waals surface area (Å²) >= 11 is 0. The van der Waals surface area contributed by atoms with Crippen LogP contribution in [0.5, 0.6) is 0 Å². The molecule has 0 aliphatic carbocycles. The van der Waals surface area contributed by atoms with Gasteiger partial charge in [-0.1, -0.05) is 334 Å². The first-order chi connectivity index (χ1) is 36.5. The molecule has 0 rings (SSSR count). The standard InChI is InChI=1S/C68H128O6/c1-4-7-10-13-16-19-22-25-28-30-32-33-34-35-37-38-40-43-46-49-52-55-58-61-67(70)73-64-65(63-72-66(69)60-57-54-51-48-45-42-27-24-21-18-15-12-9-6-3)74-68(71)62-59-56-53-50-47-44-41-39-36-31-29-26-23-20-17-14-11-8-5-2/h15,18,24,27,65H,4-14,16-17,19-23,25-26,28-64H2,1-3H3/b18-15-,27-24-. The number of esters is 3. The van der Waals surface area contributed by atoms with E-state index in [9.17, 15) is 14.4 Å². The summed E-state index contributed by atoms with van der Waals surface area (Å²) in [5.41, 5.74) is 0. The van der Waals surface area contributed by atoms with Crippen LogP contribution in [0, 0.1) is 0 Å². The molecule has 0 radical (unpaired) electrons. The number of unbranched alkanes of at least 4 members (excludes halogenated alkanes) is 47. The molecule has 74 heavy (non-hydrogen) atoms. The molecule has 436 valence electrons. The minimum Gasteiger partial charge on any atom is -0.462 e. The molecule has 0 aromatic rings. The fraction of sp³-hybridized carbons (Fsp3) is 0.897. The van der Waals surface area contributed by atoms with E-state index in [0.717, 1.165) is 77.0 Å². The van der Waals surface area contributed by atoms with Gasteiger partial charge < -0.3 is 14.2 Å². The molecule has 0 amide bonds. The molecular weight excluding hydrogens is 913 g/mol. The largest absolute Gasteiger partial charge is 0.462 e. The number of hydrogen-bond acceptors (Lipinski definition) is 6. The van der Waals surface area contributed by atoms with Gasteiger partial charge in [0.05, 0.1) is 0 Å². The van der Waals surface area contributed by atoms with Gasteiger partial charge in [0.1, 0.15) is 13.2 Å². The average molecular weight is 1040 g/mol. The van der Waals surface area contributed by atoms with Crippen LogP contribution in [0.3, 0.4) is 0 Å². The van der Waals surface area contributed by atoms with Crippen molar-refractivity contribution in [3.05, 3.63) is 24.3 Å². The molecule has 0 aromatic heterocycles. The molecule has 0 spiro atoms.